The molecule has 24 heavy (non-hydrogen) atoms. The molecule has 1 aromatic heterocycles. The molecule has 2 aromatic rings. The van der Waals surface area contributed by atoms with Gasteiger partial charge < -0.3 is 15.1 Å². The fourth-order valence-electron chi connectivity index (χ4n) is 2.12. The van der Waals surface area contributed by atoms with Crippen molar-refractivity contribution in [3.63, 3.8) is 0 Å². The molecule has 0 bridgehead atoms. The minimum absolute atomic E-state index is 0. The molecule has 0 aliphatic carbocycles. The van der Waals surface area contributed by atoms with Gasteiger partial charge in [-0.3, -0.25) is 4.79 Å². The Morgan fingerprint density at radius 2 is 1.92 bits per heavy atom. The van der Waals surface area contributed by atoms with Gasteiger partial charge in [-0.2, -0.15) is 0 Å². The summed E-state index contributed by atoms with van der Waals surface area (Å²) in [6.07, 6.45) is 3.64. The van der Waals surface area contributed by atoms with Crippen molar-refractivity contribution in [2.45, 2.75) is 26.2 Å². The largest absolute Gasteiger partial charge is 0.441 e. The lowest BCUT2D eigenvalue weighted by molar-refractivity contribution is -0.121. The lowest BCUT2D eigenvalue weighted by Crippen LogP contribution is -2.31. The molecule has 5 nitrogen and oxygen atoms in total. The van der Waals surface area contributed by atoms with Crippen LogP contribution < -0.4 is 10.6 Å². The minimum Gasteiger partial charge on any atom is -0.441 e. The molecule has 0 aliphatic rings. The van der Waals surface area contributed by atoms with Crippen LogP contribution in [0, 0.1) is 0 Å². The number of nitrogens with zero attached hydrogens (tertiary/aromatic N) is 1. The van der Waals surface area contributed by atoms with Crippen LogP contribution in [0.1, 0.15) is 25.7 Å². The molecule has 0 aliphatic heterocycles. The molecule has 1 aromatic carbocycles. The van der Waals surface area contributed by atoms with E-state index in [0.29, 0.717) is 25.3 Å². The highest BCUT2D eigenvalue weighted by atomic mass is 35.5. The zero-order chi connectivity index (χ0) is 15.6. The van der Waals surface area contributed by atoms with Crippen LogP contribution in [0.5, 0.6) is 0 Å². The Hall–Kier alpha value is -1.56. The van der Waals surface area contributed by atoms with E-state index in [9.17, 15) is 4.79 Å². The van der Waals surface area contributed by atoms with Gasteiger partial charge in [0.2, 0.25) is 5.91 Å². The van der Waals surface area contributed by atoms with Crippen molar-refractivity contribution in [3.05, 3.63) is 42.4 Å². The molecule has 134 valence electrons. The third-order valence-corrected chi connectivity index (χ3v) is 3.28. The predicted molar refractivity (Wildman–Crippen MR) is 101 cm³/mol. The van der Waals surface area contributed by atoms with Crippen LogP contribution in [0.25, 0.3) is 11.3 Å². The van der Waals surface area contributed by atoms with Gasteiger partial charge in [-0.05, 0) is 13.0 Å². The zero-order valence-electron chi connectivity index (χ0n) is 13.8. The summed E-state index contributed by atoms with van der Waals surface area (Å²) in [7, 11) is 0. The van der Waals surface area contributed by atoms with Gasteiger partial charge in [0.1, 0.15) is 0 Å². The first-order valence-electron chi connectivity index (χ1n) is 7.77. The predicted octanol–water partition coefficient (Wildman–Crippen LogP) is 3.23. The molecule has 2 rings (SSSR count). The van der Waals surface area contributed by atoms with Crippen LogP contribution in [0.15, 0.2) is 40.9 Å². The number of rotatable bonds is 9. The number of aromatic nitrogens is 1. The van der Waals surface area contributed by atoms with Gasteiger partial charge in [0.25, 0.3) is 0 Å². The van der Waals surface area contributed by atoms with Gasteiger partial charge >= 0.3 is 0 Å². The highest BCUT2D eigenvalue weighted by molar-refractivity contribution is 5.85. The number of hydrogen-bond donors (Lipinski definition) is 2. The molecule has 0 spiro atoms. The first kappa shape index (κ1) is 22.4. The lowest BCUT2D eigenvalue weighted by atomic mass is 10.2. The SMILES string of the molecule is CCNCCNC(=O)CCCc1ncc(-c2ccccc2)o1.Cl.Cl. The number of oxazole rings is 1. The molecular formula is C17H25Cl2N3O2. The number of halogens is 2. The van der Waals surface area contributed by atoms with E-state index >= 15 is 0 Å². The lowest BCUT2D eigenvalue weighted by Gasteiger charge is -2.04. The van der Waals surface area contributed by atoms with E-state index in [1.807, 2.05) is 37.3 Å². The summed E-state index contributed by atoms with van der Waals surface area (Å²) in [5.74, 6) is 1.53. The van der Waals surface area contributed by atoms with Crippen molar-refractivity contribution in [3.8, 4) is 11.3 Å². The molecule has 0 radical (unpaired) electrons. The molecule has 0 unspecified atom stereocenters. The molecule has 0 saturated heterocycles. The highest BCUT2D eigenvalue weighted by Gasteiger charge is 2.07. The van der Waals surface area contributed by atoms with E-state index in [1.54, 1.807) is 6.20 Å². The Balaban J connectivity index is 0.00000264. The summed E-state index contributed by atoms with van der Waals surface area (Å²) >= 11 is 0. The van der Waals surface area contributed by atoms with Crippen molar-refractivity contribution in [1.29, 1.82) is 0 Å². The van der Waals surface area contributed by atoms with E-state index in [2.05, 4.69) is 15.6 Å². The second-order valence-electron chi connectivity index (χ2n) is 5.04. The first-order valence-corrected chi connectivity index (χ1v) is 7.77. The van der Waals surface area contributed by atoms with Crippen LogP contribution in [-0.2, 0) is 11.2 Å². The molecule has 0 atom stereocenters. The van der Waals surface area contributed by atoms with Crippen LogP contribution in [0.3, 0.4) is 0 Å². The topological polar surface area (TPSA) is 67.2 Å². The van der Waals surface area contributed by atoms with Gasteiger partial charge in [-0.25, -0.2) is 4.98 Å². The molecule has 7 heteroatoms. The van der Waals surface area contributed by atoms with Crippen molar-refractivity contribution < 1.29 is 9.21 Å². The summed E-state index contributed by atoms with van der Waals surface area (Å²) in [4.78, 5) is 15.9. The number of benzene rings is 1. The number of nitrogens with one attached hydrogen (secondary N) is 2. The minimum atomic E-state index is 0. The summed E-state index contributed by atoms with van der Waals surface area (Å²) in [6.45, 7) is 4.44. The molecular weight excluding hydrogens is 349 g/mol. The monoisotopic (exact) mass is 373 g/mol. The summed E-state index contributed by atoms with van der Waals surface area (Å²) in [5, 5.41) is 6.05. The average Bonchev–Trinajstić information content (AvgIpc) is 3.01. The first-order chi connectivity index (χ1) is 10.8. The van der Waals surface area contributed by atoms with E-state index < -0.39 is 0 Å². The zero-order valence-corrected chi connectivity index (χ0v) is 15.4. The van der Waals surface area contributed by atoms with Gasteiger partial charge in [-0.15, -0.1) is 24.8 Å². The molecule has 1 amide bonds. The number of amides is 1. The summed E-state index contributed by atoms with van der Waals surface area (Å²) in [5.41, 5.74) is 1.02. The van der Waals surface area contributed by atoms with Gasteiger partial charge in [0, 0.05) is 31.5 Å². The fourth-order valence-corrected chi connectivity index (χ4v) is 2.12. The average molecular weight is 374 g/mol. The highest BCUT2D eigenvalue weighted by Crippen LogP contribution is 2.20. The third-order valence-electron chi connectivity index (χ3n) is 3.28. The standard InChI is InChI=1S/C17H23N3O2.2ClH/c1-2-18-11-12-19-16(21)9-6-10-17-20-13-15(22-17)14-7-4-3-5-8-14;;/h3-5,7-8,13,18H,2,6,9-12H2,1H3,(H,19,21);2*1H. The number of hydrogen-bond acceptors (Lipinski definition) is 4. The smallest absolute Gasteiger partial charge is 0.220 e. The Morgan fingerprint density at radius 1 is 1.17 bits per heavy atom. The van der Waals surface area contributed by atoms with Crippen LogP contribution in [-0.4, -0.2) is 30.5 Å². The Bertz CT molecular complexity index is 576. The fraction of sp³-hybridized carbons (Fsp3) is 0.412. The van der Waals surface area contributed by atoms with Crippen molar-refractivity contribution in [2.24, 2.45) is 0 Å². The van der Waals surface area contributed by atoms with Crippen molar-refractivity contribution >= 4 is 30.7 Å². The van der Waals surface area contributed by atoms with Gasteiger partial charge in [-0.1, -0.05) is 37.3 Å². The maximum atomic E-state index is 11.6. The Labute approximate surface area is 155 Å². The quantitative estimate of drug-likeness (QED) is 0.662. The van der Waals surface area contributed by atoms with Crippen LogP contribution in [0.2, 0.25) is 0 Å². The van der Waals surface area contributed by atoms with E-state index in [1.165, 1.54) is 0 Å². The molecule has 1 heterocycles. The number of likely N-dealkylation sites (N-methyl/N-ethyl adjacent to an activating group) is 1. The van der Waals surface area contributed by atoms with Gasteiger partial charge in [0.15, 0.2) is 11.7 Å². The Kier molecular flexibility index (Phi) is 12.0. The van der Waals surface area contributed by atoms with Crippen LogP contribution in [0.4, 0.5) is 0 Å². The van der Waals surface area contributed by atoms with Crippen LogP contribution >= 0.6 is 24.8 Å². The van der Waals surface area contributed by atoms with Crippen molar-refractivity contribution in [2.75, 3.05) is 19.6 Å². The Morgan fingerprint density at radius 3 is 2.62 bits per heavy atom. The summed E-state index contributed by atoms with van der Waals surface area (Å²) < 4.78 is 5.71. The maximum absolute atomic E-state index is 11.6. The second-order valence-corrected chi connectivity index (χ2v) is 5.04. The van der Waals surface area contributed by atoms with Gasteiger partial charge in [0.05, 0.1) is 6.20 Å². The molecule has 2 N–H and O–H groups in total. The molecule has 0 saturated carbocycles. The molecule has 0 fully saturated rings. The normalized spacial score (nSPS) is 9.71. The number of carbonyl (C=O) groups excluding carboxylic acids is 1. The number of carbonyl (C=O) groups is 1. The summed E-state index contributed by atoms with van der Waals surface area (Å²) in [6, 6.07) is 9.88. The van der Waals surface area contributed by atoms with E-state index in [4.69, 9.17) is 4.42 Å². The van der Waals surface area contributed by atoms with E-state index in [0.717, 1.165) is 30.8 Å². The number of aryl methyl sites for hydroxylation is 1. The maximum Gasteiger partial charge on any atom is 0.220 e. The second kappa shape index (κ2) is 12.8. The van der Waals surface area contributed by atoms with Crippen molar-refractivity contribution in [1.82, 2.24) is 15.6 Å². The van der Waals surface area contributed by atoms with E-state index in [-0.39, 0.29) is 30.7 Å². The third kappa shape index (κ3) is 7.81.